The van der Waals surface area contributed by atoms with Gasteiger partial charge in [0, 0.05) is 38.8 Å². The van der Waals surface area contributed by atoms with Crippen LogP contribution in [0.15, 0.2) is 60.8 Å². The van der Waals surface area contributed by atoms with Crippen LogP contribution < -0.4 is 20.4 Å². The number of carbonyl (C=O) groups is 1. The van der Waals surface area contributed by atoms with Gasteiger partial charge in [0.2, 0.25) is 0 Å². The van der Waals surface area contributed by atoms with E-state index in [0.29, 0.717) is 19.1 Å². The molecule has 0 unspecified atom stereocenters. The van der Waals surface area contributed by atoms with Gasteiger partial charge < -0.3 is 25.5 Å². The summed E-state index contributed by atoms with van der Waals surface area (Å²) in [7, 11) is 0. The monoisotopic (exact) mass is 516 g/mol. The topological polar surface area (TPSA) is 111 Å². The molecular formula is C27H29FN8O2. The van der Waals surface area contributed by atoms with E-state index in [1.54, 1.807) is 18.3 Å². The fraction of sp³-hybridized carbons (Fsp3) is 0.333. The van der Waals surface area contributed by atoms with Gasteiger partial charge in [-0.3, -0.25) is 0 Å². The molecule has 1 aromatic carbocycles. The lowest BCUT2D eigenvalue weighted by Crippen LogP contribution is -2.59. The van der Waals surface area contributed by atoms with Crippen molar-refractivity contribution in [1.29, 1.82) is 0 Å². The third kappa shape index (κ3) is 4.84. The van der Waals surface area contributed by atoms with Gasteiger partial charge in [-0.1, -0.05) is 18.2 Å². The lowest BCUT2D eigenvalue weighted by atomic mass is 10.0. The summed E-state index contributed by atoms with van der Waals surface area (Å²) in [5.74, 6) is 1.48. The Bertz CT molecular complexity index is 1450. The van der Waals surface area contributed by atoms with E-state index in [2.05, 4.69) is 25.4 Å². The number of aromatic nitrogens is 4. The molecule has 0 bridgehead atoms. The highest BCUT2D eigenvalue weighted by Crippen LogP contribution is 2.35. The predicted molar refractivity (Wildman–Crippen MR) is 142 cm³/mol. The number of rotatable bonds is 8. The SMILES string of the molecule is O=C(O)NCCNC1CN(c2cccc(-c3cnc4ccc(N5CCC[C@@H]5c5cccc(F)c5)nn34)n2)C1. The van der Waals surface area contributed by atoms with Crippen LogP contribution in [0.25, 0.3) is 17.0 Å². The van der Waals surface area contributed by atoms with Crippen molar-refractivity contribution in [1.82, 2.24) is 30.2 Å². The van der Waals surface area contributed by atoms with Crippen molar-refractivity contribution in [3.05, 3.63) is 72.2 Å². The van der Waals surface area contributed by atoms with Crippen molar-refractivity contribution >= 4 is 23.4 Å². The van der Waals surface area contributed by atoms with E-state index in [1.165, 1.54) is 6.07 Å². The van der Waals surface area contributed by atoms with Crippen LogP contribution in [0.3, 0.4) is 0 Å². The minimum atomic E-state index is -1.01. The lowest BCUT2D eigenvalue weighted by Gasteiger charge is -2.40. The van der Waals surface area contributed by atoms with Crippen molar-refractivity contribution < 1.29 is 14.3 Å². The smallest absolute Gasteiger partial charge is 0.404 e. The second-order valence-electron chi connectivity index (χ2n) is 9.68. The quantitative estimate of drug-likeness (QED) is 0.306. The van der Waals surface area contributed by atoms with Gasteiger partial charge in [-0.2, -0.15) is 0 Å². The number of pyridine rings is 1. The molecule has 0 aliphatic carbocycles. The summed E-state index contributed by atoms with van der Waals surface area (Å²) in [5, 5.41) is 19.3. The molecule has 1 atom stereocenters. The Hall–Kier alpha value is -4.25. The minimum absolute atomic E-state index is 0.0805. The molecule has 196 valence electrons. The molecule has 2 fully saturated rings. The maximum Gasteiger partial charge on any atom is 0.404 e. The summed E-state index contributed by atoms with van der Waals surface area (Å²) >= 11 is 0. The van der Waals surface area contributed by atoms with Gasteiger partial charge in [0.15, 0.2) is 5.65 Å². The molecule has 6 rings (SSSR count). The summed E-state index contributed by atoms with van der Waals surface area (Å²) in [6.07, 6.45) is 2.75. The number of hydrogen-bond acceptors (Lipinski definition) is 7. The summed E-state index contributed by atoms with van der Waals surface area (Å²) in [6.45, 7) is 3.42. The maximum atomic E-state index is 13.9. The molecule has 0 radical (unpaired) electrons. The maximum absolute atomic E-state index is 13.9. The average Bonchev–Trinajstić information content (AvgIpc) is 3.54. The third-order valence-corrected chi connectivity index (χ3v) is 7.17. The number of nitrogens with one attached hydrogen (secondary N) is 2. The van der Waals surface area contributed by atoms with Crippen LogP contribution in [0.5, 0.6) is 0 Å². The standard InChI is InChI=1S/C27H29FN8O2/c28-19-5-1-4-18(14-19)22-7-3-13-35(22)26-10-9-24-31-15-23(36(24)33-26)21-6-2-8-25(32-21)34-16-20(17-34)29-11-12-30-27(37)38/h1-2,4-6,8-10,14-15,20,22,29-30H,3,7,11-13,16-17H2,(H,37,38)/t22-/m1/s1. The minimum Gasteiger partial charge on any atom is -0.465 e. The molecule has 2 aliphatic heterocycles. The molecule has 0 saturated carbocycles. The molecule has 1 amide bonds. The highest BCUT2D eigenvalue weighted by molar-refractivity contribution is 5.64. The molecule has 11 heteroatoms. The summed E-state index contributed by atoms with van der Waals surface area (Å²) in [4.78, 5) is 24.4. The van der Waals surface area contributed by atoms with Gasteiger partial charge in [-0.25, -0.2) is 23.7 Å². The Kier molecular flexibility index (Phi) is 6.50. The van der Waals surface area contributed by atoms with Crippen molar-refractivity contribution in [2.45, 2.75) is 24.9 Å². The molecular weight excluding hydrogens is 487 g/mol. The fourth-order valence-electron chi connectivity index (χ4n) is 5.28. The van der Waals surface area contributed by atoms with E-state index in [1.807, 2.05) is 40.9 Å². The summed E-state index contributed by atoms with van der Waals surface area (Å²) in [5.41, 5.74) is 3.29. The zero-order valence-electron chi connectivity index (χ0n) is 20.8. The average molecular weight is 517 g/mol. The Morgan fingerprint density at radius 1 is 1.08 bits per heavy atom. The second-order valence-corrected chi connectivity index (χ2v) is 9.68. The second kappa shape index (κ2) is 10.3. The molecule has 0 spiro atoms. The van der Waals surface area contributed by atoms with Gasteiger partial charge in [0.05, 0.1) is 17.9 Å². The molecule has 3 aromatic heterocycles. The number of anilines is 2. The number of hydrogen-bond donors (Lipinski definition) is 3. The molecule has 38 heavy (non-hydrogen) atoms. The first-order chi connectivity index (χ1) is 18.5. The zero-order valence-corrected chi connectivity index (χ0v) is 20.8. The first-order valence-electron chi connectivity index (χ1n) is 12.8. The Labute approximate surface area is 219 Å². The van der Waals surface area contributed by atoms with Crippen LogP contribution in [0.4, 0.5) is 20.8 Å². The van der Waals surface area contributed by atoms with Crippen molar-refractivity contribution in [3.8, 4) is 11.4 Å². The first kappa shape index (κ1) is 24.1. The van der Waals surface area contributed by atoms with Gasteiger partial charge in [0.1, 0.15) is 23.1 Å². The van der Waals surface area contributed by atoms with Gasteiger partial charge in [-0.05, 0) is 54.8 Å². The van der Waals surface area contributed by atoms with E-state index in [0.717, 1.165) is 66.7 Å². The Balaban J connectivity index is 1.19. The lowest BCUT2D eigenvalue weighted by molar-refractivity contribution is 0.194. The van der Waals surface area contributed by atoms with Crippen LogP contribution in [0.1, 0.15) is 24.4 Å². The number of amides is 1. The van der Waals surface area contributed by atoms with E-state index in [-0.39, 0.29) is 11.9 Å². The van der Waals surface area contributed by atoms with E-state index < -0.39 is 6.09 Å². The normalized spacial score (nSPS) is 17.7. The number of fused-ring (bicyclic) bond motifs is 1. The van der Waals surface area contributed by atoms with Crippen LogP contribution in [-0.2, 0) is 0 Å². The van der Waals surface area contributed by atoms with Crippen LogP contribution >= 0.6 is 0 Å². The first-order valence-corrected chi connectivity index (χ1v) is 12.8. The summed E-state index contributed by atoms with van der Waals surface area (Å²) < 4.78 is 15.7. The molecule has 2 aliphatic rings. The molecule has 5 heterocycles. The molecule has 10 nitrogen and oxygen atoms in total. The fourth-order valence-corrected chi connectivity index (χ4v) is 5.28. The van der Waals surface area contributed by atoms with Crippen molar-refractivity contribution in [2.75, 3.05) is 42.5 Å². The Morgan fingerprint density at radius 2 is 1.95 bits per heavy atom. The van der Waals surface area contributed by atoms with Gasteiger partial charge in [-0.15, -0.1) is 5.10 Å². The zero-order chi connectivity index (χ0) is 26.1. The van der Waals surface area contributed by atoms with E-state index in [9.17, 15) is 9.18 Å². The molecule has 4 aromatic rings. The summed E-state index contributed by atoms with van der Waals surface area (Å²) in [6, 6.07) is 17.1. The van der Waals surface area contributed by atoms with Crippen molar-refractivity contribution in [3.63, 3.8) is 0 Å². The number of halogens is 1. The Morgan fingerprint density at radius 3 is 2.79 bits per heavy atom. The van der Waals surface area contributed by atoms with Crippen LogP contribution in [-0.4, -0.2) is 69.5 Å². The number of carboxylic acid groups (broad SMARTS) is 1. The van der Waals surface area contributed by atoms with E-state index >= 15 is 0 Å². The third-order valence-electron chi connectivity index (χ3n) is 7.17. The van der Waals surface area contributed by atoms with Crippen LogP contribution in [0.2, 0.25) is 0 Å². The molecule has 2 saturated heterocycles. The van der Waals surface area contributed by atoms with E-state index in [4.69, 9.17) is 15.2 Å². The van der Waals surface area contributed by atoms with Crippen LogP contribution in [0, 0.1) is 5.82 Å². The van der Waals surface area contributed by atoms with Gasteiger partial charge in [0.25, 0.3) is 0 Å². The number of nitrogens with zero attached hydrogens (tertiary/aromatic N) is 6. The largest absolute Gasteiger partial charge is 0.465 e. The molecule has 3 N–H and O–H groups in total. The highest BCUT2D eigenvalue weighted by Gasteiger charge is 2.29. The number of benzene rings is 1. The number of imidazole rings is 1. The van der Waals surface area contributed by atoms with Gasteiger partial charge >= 0.3 is 6.09 Å². The predicted octanol–water partition coefficient (Wildman–Crippen LogP) is 3.32. The van der Waals surface area contributed by atoms with Crippen molar-refractivity contribution in [2.24, 2.45) is 0 Å². The highest BCUT2D eigenvalue weighted by atomic mass is 19.1.